The van der Waals surface area contributed by atoms with Gasteiger partial charge < -0.3 is 14.2 Å². The first kappa shape index (κ1) is 19.9. The summed E-state index contributed by atoms with van der Waals surface area (Å²) in [5.74, 6) is -0.202. The number of hydrogen-bond donors (Lipinski definition) is 0. The van der Waals surface area contributed by atoms with E-state index >= 15 is 0 Å². The van der Waals surface area contributed by atoms with Gasteiger partial charge in [-0.2, -0.15) is 0 Å². The van der Waals surface area contributed by atoms with Crippen LogP contribution < -0.4 is 9.47 Å². The summed E-state index contributed by atoms with van der Waals surface area (Å²) in [6.45, 7) is -0.434. The SMILES string of the molecule is COc1ccc(OC)c(C(=O)COC(=O)c2csc(-c3ccc(Cl)cc3)n2)c1. The molecule has 3 aromatic rings. The quantitative estimate of drug-likeness (QED) is 0.415. The molecule has 0 amide bonds. The van der Waals surface area contributed by atoms with Gasteiger partial charge in [-0.1, -0.05) is 23.7 Å². The predicted octanol–water partition coefficient (Wildman–Crippen LogP) is 4.52. The van der Waals surface area contributed by atoms with Crippen LogP contribution in [0.3, 0.4) is 0 Å². The Morgan fingerprint density at radius 3 is 2.50 bits per heavy atom. The summed E-state index contributed by atoms with van der Waals surface area (Å²) in [5.41, 5.74) is 1.25. The van der Waals surface area contributed by atoms with Crippen molar-refractivity contribution in [2.24, 2.45) is 0 Å². The van der Waals surface area contributed by atoms with E-state index < -0.39 is 18.4 Å². The van der Waals surface area contributed by atoms with Crippen molar-refractivity contribution in [3.63, 3.8) is 0 Å². The summed E-state index contributed by atoms with van der Waals surface area (Å²) in [4.78, 5) is 29.0. The van der Waals surface area contributed by atoms with Crippen LogP contribution in [0, 0.1) is 0 Å². The number of Topliss-reactive ketones (excluding diaryl/α,β-unsaturated/α-hetero) is 1. The number of ketones is 1. The van der Waals surface area contributed by atoms with E-state index in [-0.39, 0.29) is 11.3 Å². The number of benzene rings is 2. The summed E-state index contributed by atoms with van der Waals surface area (Å²) < 4.78 is 15.4. The molecule has 0 bridgehead atoms. The Kier molecular flexibility index (Phi) is 6.28. The van der Waals surface area contributed by atoms with Gasteiger partial charge in [0.15, 0.2) is 12.3 Å². The van der Waals surface area contributed by atoms with Gasteiger partial charge in [0.2, 0.25) is 5.78 Å². The zero-order valence-electron chi connectivity index (χ0n) is 15.1. The van der Waals surface area contributed by atoms with Gasteiger partial charge in [0.05, 0.1) is 19.8 Å². The lowest BCUT2D eigenvalue weighted by atomic mass is 10.1. The standard InChI is InChI=1S/C20H16ClNO5S/c1-25-14-7-8-18(26-2)15(9-14)17(23)10-27-20(24)16-11-28-19(22-16)12-3-5-13(21)6-4-12/h3-9,11H,10H2,1-2H3. The zero-order valence-corrected chi connectivity index (χ0v) is 16.7. The van der Waals surface area contributed by atoms with Crippen molar-refractivity contribution in [2.45, 2.75) is 0 Å². The number of carbonyl (C=O) groups is 2. The Hall–Kier alpha value is -2.90. The van der Waals surface area contributed by atoms with Crippen molar-refractivity contribution in [3.8, 4) is 22.1 Å². The van der Waals surface area contributed by atoms with E-state index in [1.165, 1.54) is 31.6 Å². The highest BCUT2D eigenvalue weighted by Gasteiger charge is 2.18. The summed E-state index contributed by atoms with van der Waals surface area (Å²) in [6.07, 6.45) is 0. The number of nitrogens with zero attached hydrogens (tertiary/aromatic N) is 1. The molecule has 0 spiro atoms. The number of methoxy groups -OCH3 is 2. The molecule has 2 aromatic carbocycles. The van der Waals surface area contributed by atoms with Gasteiger partial charge in [0, 0.05) is 16.0 Å². The fourth-order valence-corrected chi connectivity index (χ4v) is 3.33. The number of esters is 1. The number of aromatic nitrogens is 1. The topological polar surface area (TPSA) is 74.7 Å². The fraction of sp³-hybridized carbons (Fsp3) is 0.150. The lowest BCUT2D eigenvalue weighted by Crippen LogP contribution is -2.15. The van der Waals surface area contributed by atoms with Gasteiger partial charge in [0.25, 0.3) is 0 Å². The molecule has 1 aromatic heterocycles. The van der Waals surface area contributed by atoms with Crippen LogP contribution in [0.2, 0.25) is 5.02 Å². The minimum absolute atomic E-state index is 0.139. The maximum absolute atomic E-state index is 12.4. The van der Waals surface area contributed by atoms with Gasteiger partial charge in [0.1, 0.15) is 16.5 Å². The first-order valence-electron chi connectivity index (χ1n) is 8.15. The van der Waals surface area contributed by atoms with Crippen LogP contribution in [0.15, 0.2) is 47.8 Å². The van der Waals surface area contributed by atoms with Crippen LogP contribution in [-0.2, 0) is 4.74 Å². The van der Waals surface area contributed by atoms with E-state index in [4.69, 9.17) is 25.8 Å². The van der Waals surface area contributed by atoms with Crippen LogP contribution in [0.1, 0.15) is 20.8 Å². The monoisotopic (exact) mass is 417 g/mol. The molecule has 0 aliphatic carbocycles. The summed E-state index contributed by atoms with van der Waals surface area (Å²) in [7, 11) is 2.95. The van der Waals surface area contributed by atoms with Gasteiger partial charge in [-0.25, -0.2) is 9.78 Å². The minimum Gasteiger partial charge on any atom is -0.497 e. The highest BCUT2D eigenvalue weighted by Crippen LogP contribution is 2.26. The third kappa shape index (κ3) is 4.49. The summed E-state index contributed by atoms with van der Waals surface area (Å²) in [6, 6.07) is 12.0. The largest absolute Gasteiger partial charge is 0.497 e. The first-order chi connectivity index (χ1) is 13.5. The third-order valence-electron chi connectivity index (χ3n) is 3.85. The Morgan fingerprint density at radius 1 is 1.07 bits per heavy atom. The molecule has 3 rings (SSSR count). The molecule has 0 unspecified atom stereocenters. The Bertz CT molecular complexity index is 1000. The number of thiazole rings is 1. The van der Waals surface area contributed by atoms with E-state index in [1.54, 1.807) is 29.6 Å². The molecular formula is C20H16ClNO5S. The van der Waals surface area contributed by atoms with Crippen LogP contribution in [0.25, 0.3) is 10.6 Å². The predicted molar refractivity (Wildman–Crippen MR) is 107 cm³/mol. The molecule has 0 N–H and O–H groups in total. The van der Waals surface area contributed by atoms with E-state index in [9.17, 15) is 9.59 Å². The molecule has 0 radical (unpaired) electrons. The summed E-state index contributed by atoms with van der Waals surface area (Å²) >= 11 is 7.18. The lowest BCUT2D eigenvalue weighted by Gasteiger charge is -2.09. The molecule has 8 heteroatoms. The van der Waals surface area contributed by atoms with E-state index in [0.717, 1.165) is 5.56 Å². The van der Waals surface area contributed by atoms with Gasteiger partial charge in [-0.3, -0.25) is 4.79 Å². The first-order valence-corrected chi connectivity index (χ1v) is 9.41. The molecule has 1 heterocycles. The Balaban J connectivity index is 1.67. The number of halogens is 1. The maximum Gasteiger partial charge on any atom is 0.358 e. The highest BCUT2D eigenvalue weighted by molar-refractivity contribution is 7.13. The van der Waals surface area contributed by atoms with Crippen molar-refractivity contribution < 1.29 is 23.8 Å². The molecule has 0 aliphatic rings. The molecular weight excluding hydrogens is 402 g/mol. The molecule has 0 fully saturated rings. The van der Waals surface area contributed by atoms with Crippen molar-refractivity contribution in [1.82, 2.24) is 4.98 Å². The van der Waals surface area contributed by atoms with Crippen molar-refractivity contribution >= 4 is 34.7 Å². The van der Waals surface area contributed by atoms with Crippen LogP contribution in [-0.4, -0.2) is 37.6 Å². The molecule has 144 valence electrons. The van der Waals surface area contributed by atoms with Crippen LogP contribution >= 0.6 is 22.9 Å². The number of ether oxygens (including phenoxy) is 3. The maximum atomic E-state index is 12.4. The molecule has 0 saturated carbocycles. The van der Waals surface area contributed by atoms with Crippen molar-refractivity contribution in [1.29, 1.82) is 0 Å². The Labute approximate surface area is 170 Å². The number of rotatable bonds is 7. The molecule has 0 saturated heterocycles. The third-order valence-corrected chi connectivity index (χ3v) is 4.99. The highest BCUT2D eigenvalue weighted by atomic mass is 35.5. The van der Waals surface area contributed by atoms with Gasteiger partial charge in [-0.05, 0) is 30.3 Å². The van der Waals surface area contributed by atoms with E-state index in [1.807, 2.05) is 12.1 Å². The average Bonchev–Trinajstić information content (AvgIpc) is 3.22. The average molecular weight is 418 g/mol. The van der Waals surface area contributed by atoms with Crippen molar-refractivity contribution in [3.05, 3.63) is 64.1 Å². The minimum atomic E-state index is -0.674. The zero-order chi connectivity index (χ0) is 20.1. The second-order valence-electron chi connectivity index (χ2n) is 5.61. The molecule has 0 aliphatic heterocycles. The number of hydrogen-bond acceptors (Lipinski definition) is 7. The second kappa shape index (κ2) is 8.86. The van der Waals surface area contributed by atoms with Crippen LogP contribution in [0.4, 0.5) is 0 Å². The summed E-state index contributed by atoms with van der Waals surface area (Å²) in [5, 5.41) is 2.86. The van der Waals surface area contributed by atoms with E-state index in [0.29, 0.717) is 21.5 Å². The van der Waals surface area contributed by atoms with Crippen LogP contribution in [0.5, 0.6) is 11.5 Å². The van der Waals surface area contributed by atoms with E-state index in [2.05, 4.69) is 4.98 Å². The van der Waals surface area contributed by atoms with Crippen molar-refractivity contribution in [2.75, 3.05) is 20.8 Å². The van der Waals surface area contributed by atoms with Gasteiger partial charge in [-0.15, -0.1) is 11.3 Å². The fourth-order valence-electron chi connectivity index (χ4n) is 2.41. The smallest absolute Gasteiger partial charge is 0.358 e. The Morgan fingerprint density at radius 2 is 1.82 bits per heavy atom. The second-order valence-corrected chi connectivity index (χ2v) is 6.90. The molecule has 28 heavy (non-hydrogen) atoms. The van der Waals surface area contributed by atoms with Gasteiger partial charge >= 0.3 is 5.97 Å². The number of carbonyl (C=O) groups excluding carboxylic acids is 2. The normalized spacial score (nSPS) is 10.4. The molecule has 6 nitrogen and oxygen atoms in total. The lowest BCUT2D eigenvalue weighted by molar-refractivity contribution is 0.0469. The molecule has 0 atom stereocenters.